The average molecular weight is 815 g/mol. The minimum atomic E-state index is 0. The van der Waals surface area contributed by atoms with Crippen LogP contribution in [0.15, 0.2) is 170 Å². The molecule has 8 nitrogen and oxygen atoms in total. The van der Waals surface area contributed by atoms with Crippen molar-refractivity contribution in [3.05, 3.63) is 272 Å². The fourth-order valence-corrected chi connectivity index (χ4v) is 6.69. The average Bonchev–Trinajstić information content (AvgIpc) is 4.05. The molecule has 0 atom stereocenters. The maximum Gasteiger partial charge on any atom is 2.00 e. The molecule has 4 aromatic heterocycles. The first-order valence-electron chi connectivity index (χ1n) is 16.9. The van der Waals surface area contributed by atoms with Crippen LogP contribution >= 0.6 is 0 Å². The van der Waals surface area contributed by atoms with Gasteiger partial charge in [-0.1, -0.05) is 0 Å². The molecule has 8 aromatic rings. The smallest absolute Gasteiger partial charge is 0.724 e. The Hall–Kier alpha value is -6.96. The van der Waals surface area contributed by atoms with Crippen molar-refractivity contribution in [3.63, 3.8) is 0 Å². The van der Waals surface area contributed by atoms with Gasteiger partial charge in [0.2, 0.25) is 0 Å². The number of rotatable bonds is 4. The summed E-state index contributed by atoms with van der Waals surface area (Å²) in [5.74, 6) is 3.91. The topological polar surface area (TPSA) is 135 Å². The number of nitrogens with zero attached hydrogens (tertiary/aromatic N) is 6. The summed E-state index contributed by atoms with van der Waals surface area (Å²) in [7, 11) is 0. The monoisotopic (exact) mass is 816 g/mol. The third-order valence-electron chi connectivity index (χ3n) is 8.86. The van der Waals surface area contributed by atoms with Gasteiger partial charge in [0.05, 0.1) is 22.3 Å². The van der Waals surface area contributed by atoms with Crippen molar-refractivity contribution >= 4 is 36.1 Å². The van der Waals surface area contributed by atoms with E-state index >= 15 is 0 Å². The quantitative estimate of drug-likeness (QED) is 0.0792. The first-order valence-corrected chi connectivity index (χ1v) is 16.9. The van der Waals surface area contributed by atoms with E-state index in [1.165, 1.54) is 0 Å². The third kappa shape index (κ3) is 8.03. The van der Waals surface area contributed by atoms with Crippen molar-refractivity contribution in [2.45, 2.75) is 0 Å². The molecule has 9 heteroatoms. The summed E-state index contributed by atoms with van der Waals surface area (Å²) in [5.41, 5.74) is 11.1. The Morgan fingerprint density at radius 2 is 0.455 bits per heavy atom. The molecule has 0 fully saturated rings. The number of benzene rings is 4. The first-order chi connectivity index (χ1) is 26.6. The molecule has 258 valence electrons. The Labute approximate surface area is 336 Å². The summed E-state index contributed by atoms with van der Waals surface area (Å²) in [4.78, 5) is 37.7. The van der Waals surface area contributed by atoms with Gasteiger partial charge in [-0.25, -0.2) is 0 Å². The van der Waals surface area contributed by atoms with Crippen LogP contribution in [0.4, 0.5) is 0 Å². The Morgan fingerprint density at radius 1 is 0.309 bits per heavy atom. The normalized spacial score (nSPS) is 11.5. The van der Waals surface area contributed by atoms with E-state index in [1.807, 2.05) is 24.3 Å². The van der Waals surface area contributed by atoms with E-state index in [1.54, 1.807) is 0 Å². The molecule has 0 amide bonds. The van der Waals surface area contributed by atoms with Gasteiger partial charge >= 0.3 is 23.9 Å². The Morgan fingerprint density at radius 3 is 0.600 bits per heavy atom. The number of aromatic nitrogens is 4. The molecule has 9 rings (SSSR count). The van der Waals surface area contributed by atoms with Crippen molar-refractivity contribution in [2.75, 3.05) is 0 Å². The number of carbonyl (C=O) groups excluding carboxylic acids is 2. The molecule has 1 aliphatic heterocycles. The summed E-state index contributed by atoms with van der Waals surface area (Å²) in [6, 6.07) is 58.4. The molecular formula is C46H28N6O2Sn. The van der Waals surface area contributed by atoms with E-state index in [4.69, 9.17) is 40.3 Å². The Bertz CT molecular complexity index is 2060. The summed E-state index contributed by atoms with van der Waals surface area (Å²) in [6.07, 6.45) is 1.00. The molecular weight excluding hydrogens is 787 g/mol. The molecule has 0 aliphatic carbocycles. The van der Waals surface area contributed by atoms with Gasteiger partial charge in [0, 0.05) is 121 Å². The molecule has 0 saturated heterocycles. The zero-order valence-electron chi connectivity index (χ0n) is 29.2. The van der Waals surface area contributed by atoms with E-state index in [-0.39, 0.29) is 23.9 Å². The molecule has 0 saturated carbocycles. The predicted octanol–water partition coefficient (Wildman–Crippen LogP) is 7.31. The number of hydrogen-bond donors (Lipinski definition) is 0. The van der Waals surface area contributed by atoms with Crippen molar-refractivity contribution in [2.24, 2.45) is 0 Å². The molecule has 0 N–H and O–H groups in total. The zero-order chi connectivity index (χ0) is 37.3. The Balaban J connectivity index is 0.000000692. The summed E-state index contributed by atoms with van der Waals surface area (Å²) in [6.45, 7) is 0. The van der Waals surface area contributed by atoms with Crippen LogP contribution < -0.4 is 19.9 Å². The van der Waals surface area contributed by atoms with E-state index in [0.717, 1.165) is 91.5 Å². The van der Waals surface area contributed by atoms with Gasteiger partial charge in [0.15, 0.2) is 0 Å². The van der Waals surface area contributed by atoms with E-state index in [9.17, 15) is 0 Å². The maximum absolute atomic E-state index is 8.24. The van der Waals surface area contributed by atoms with E-state index in [0.29, 0.717) is 12.2 Å². The molecule has 4 aromatic carbocycles. The van der Waals surface area contributed by atoms with Crippen LogP contribution in [0.25, 0.3) is 10.8 Å². The second kappa shape index (κ2) is 17.7. The van der Waals surface area contributed by atoms with E-state index < -0.39 is 0 Å². The molecule has 55 heavy (non-hydrogen) atoms. The van der Waals surface area contributed by atoms with Crippen LogP contribution in [0.2, 0.25) is 0 Å². The fourth-order valence-electron chi connectivity index (χ4n) is 6.69. The third-order valence-corrected chi connectivity index (χ3v) is 8.86. The predicted molar refractivity (Wildman–Crippen MR) is 211 cm³/mol. The minimum Gasteiger partial charge on any atom is -0.724 e. The Kier molecular flexibility index (Phi) is 12.2. The van der Waals surface area contributed by atoms with Gasteiger partial charge in [-0.05, 0) is 131 Å². The maximum atomic E-state index is 8.24. The van der Waals surface area contributed by atoms with Crippen LogP contribution in [-0.2, 0) is 9.59 Å². The zero-order valence-corrected chi connectivity index (χ0v) is 32.0. The van der Waals surface area contributed by atoms with Crippen LogP contribution in [0, 0.1) is 23.7 Å². The van der Waals surface area contributed by atoms with Crippen LogP contribution in [0.1, 0.15) is 67.8 Å². The van der Waals surface area contributed by atoms with Crippen molar-refractivity contribution in [1.29, 1.82) is 0 Å². The number of isocyanates is 2. The van der Waals surface area contributed by atoms with Gasteiger partial charge in [-0.3, -0.25) is 9.59 Å². The second-order valence-corrected chi connectivity index (χ2v) is 12.0. The van der Waals surface area contributed by atoms with Gasteiger partial charge in [0.1, 0.15) is 0 Å². The summed E-state index contributed by atoms with van der Waals surface area (Å²) < 4.78 is 0. The van der Waals surface area contributed by atoms with Gasteiger partial charge in [-0.15, -0.1) is 0 Å². The second-order valence-electron chi connectivity index (χ2n) is 12.0. The number of hydrogen-bond acceptors (Lipinski definition) is 2. The number of fused-ring (bicyclic) bond motifs is 8. The summed E-state index contributed by atoms with van der Waals surface area (Å²) >= 11 is 0. The fraction of sp³-hybridized carbons (Fsp3) is 0. The molecule has 5 heterocycles. The van der Waals surface area contributed by atoms with Gasteiger partial charge < -0.3 is 30.8 Å². The largest absolute Gasteiger partial charge is 2.00 e. The van der Waals surface area contributed by atoms with Gasteiger partial charge in [0.25, 0.3) is 0 Å². The molecule has 0 unspecified atom stereocenters. The van der Waals surface area contributed by atoms with Crippen LogP contribution in [0.3, 0.4) is 0 Å². The SMILES string of the molecule is [N-]=C=O.[N-]=C=O.[Sn+2].c1ccc([C+]2c3ccc([n-]3)[C+](c3ccccc3)c3ccc([n-]3)[C+](c3ccccc3)c3ccc([n-]3)[C+](c3ccccc3)c3ccc2[n-]3)cc1. The molecule has 1 aliphatic rings. The standard InChI is InChI=1S/C44H28N4.2CNO.Sn/c1-5-13-29(14-6-1)41-33-21-23-35(45-33)42(30-15-7-2-8-16-30)37-25-27-39(47-37)44(32-19-11-4-12-20-32)40-28-26-38(48-40)43(31-17-9-3-10-18-31)36-24-22-34(41)46-36;2*2-1-3;/h1-28H;;;/q;2*-1;+2. The van der Waals surface area contributed by atoms with Crippen molar-refractivity contribution < 1.29 is 9.59 Å². The van der Waals surface area contributed by atoms with Gasteiger partial charge in [-0.2, -0.15) is 0 Å². The summed E-state index contributed by atoms with van der Waals surface area (Å²) in [5, 5.41) is 13.5. The molecule has 0 spiro atoms. The van der Waals surface area contributed by atoms with Crippen LogP contribution in [0.5, 0.6) is 0 Å². The van der Waals surface area contributed by atoms with Crippen LogP contribution in [-0.4, -0.2) is 36.1 Å². The van der Waals surface area contributed by atoms with Crippen molar-refractivity contribution in [3.8, 4) is 0 Å². The minimum absolute atomic E-state index is 0. The molecule has 2 radical (unpaired) electrons. The molecule has 8 bridgehead atoms. The van der Waals surface area contributed by atoms with E-state index in [2.05, 4.69) is 146 Å². The first kappa shape index (κ1) is 37.8. The van der Waals surface area contributed by atoms with Crippen molar-refractivity contribution in [1.82, 2.24) is 19.9 Å².